The van der Waals surface area contributed by atoms with E-state index in [-0.39, 0.29) is 17.5 Å². The summed E-state index contributed by atoms with van der Waals surface area (Å²) in [6.45, 7) is 6.56. The molecule has 0 aromatic heterocycles. The molecule has 1 atom stereocenters. The first-order chi connectivity index (χ1) is 9.87. The maximum atomic E-state index is 12.6. The Hall–Kier alpha value is -1.39. The van der Waals surface area contributed by atoms with E-state index in [0.29, 0.717) is 6.42 Å². The van der Waals surface area contributed by atoms with E-state index in [9.17, 15) is 4.79 Å². The zero-order chi connectivity index (χ0) is 15.5. The van der Waals surface area contributed by atoms with Crippen LogP contribution >= 0.6 is 0 Å². The highest BCUT2D eigenvalue weighted by Gasteiger charge is 2.30. The second-order valence-electron chi connectivity index (χ2n) is 6.76. The van der Waals surface area contributed by atoms with Crippen molar-refractivity contribution in [1.82, 2.24) is 9.80 Å². The number of carbonyl (C=O) groups is 1. The van der Waals surface area contributed by atoms with Gasteiger partial charge in [0.15, 0.2) is 0 Å². The van der Waals surface area contributed by atoms with Gasteiger partial charge in [0.1, 0.15) is 0 Å². The number of benzene rings is 1. The number of hydrogen-bond donors (Lipinski definition) is 1. The van der Waals surface area contributed by atoms with E-state index >= 15 is 0 Å². The number of carbonyl (C=O) groups excluding carboxylic acids is 1. The third-order valence-electron chi connectivity index (χ3n) is 4.07. The first-order valence-electron chi connectivity index (χ1n) is 7.69. The quantitative estimate of drug-likeness (QED) is 0.922. The maximum Gasteiger partial charge on any atom is 0.223 e. The molecule has 2 N–H and O–H groups in total. The summed E-state index contributed by atoms with van der Waals surface area (Å²) in [5.41, 5.74) is 6.93. The summed E-state index contributed by atoms with van der Waals surface area (Å²) in [6.07, 6.45) is 1.25. The molecule has 1 aliphatic rings. The SMILES string of the molecule is CN1CCN(C(=O)CCC(C)(C)N)C(c2ccccc2)C1. The van der Waals surface area contributed by atoms with Crippen molar-refractivity contribution in [2.45, 2.75) is 38.3 Å². The fraction of sp³-hybridized carbons (Fsp3) is 0.588. The number of nitrogens with zero attached hydrogens (tertiary/aromatic N) is 2. The third kappa shape index (κ3) is 4.55. The van der Waals surface area contributed by atoms with Crippen molar-refractivity contribution in [1.29, 1.82) is 0 Å². The average Bonchev–Trinajstić information content (AvgIpc) is 2.45. The zero-order valence-electron chi connectivity index (χ0n) is 13.4. The lowest BCUT2D eigenvalue weighted by atomic mass is 9.97. The molecular weight excluding hydrogens is 262 g/mol. The number of likely N-dealkylation sites (N-methyl/N-ethyl adjacent to an activating group) is 1. The van der Waals surface area contributed by atoms with Gasteiger partial charge in [-0.1, -0.05) is 30.3 Å². The van der Waals surface area contributed by atoms with Crippen molar-refractivity contribution in [3.63, 3.8) is 0 Å². The summed E-state index contributed by atoms with van der Waals surface area (Å²) in [6, 6.07) is 10.5. The molecule has 1 saturated heterocycles. The maximum absolute atomic E-state index is 12.6. The van der Waals surface area contributed by atoms with Crippen LogP contribution in [-0.2, 0) is 4.79 Å². The predicted molar refractivity (Wildman–Crippen MR) is 85.9 cm³/mol. The van der Waals surface area contributed by atoms with Gasteiger partial charge in [-0.25, -0.2) is 0 Å². The minimum absolute atomic E-state index is 0.151. The fourth-order valence-electron chi connectivity index (χ4n) is 2.75. The van der Waals surface area contributed by atoms with Crippen LogP contribution in [0.3, 0.4) is 0 Å². The summed E-state index contributed by atoms with van der Waals surface area (Å²) >= 11 is 0. The number of nitrogens with two attached hydrogens (primary N) is 1. The summed E-state index contributed by atoms with van der Waals surface area (Å²) in [4.78, 5) is 16.9. The van der Waals surface area contributed by atoms with Crippen LogP contribution in [0.1, 0.15) is 38.3 Å². The van der Waals surface area contributed by atoms with Crippen molar-refractivity contribution in [2.75, 3.05) is 26.7 Å². The Kier molecular flexibility index (Phi) is 5.01. The lowest BCUT2D eigenvalue weighted by molar-refractivity contribution is -0.136. The van der Waals surface area contributed by atoms with E-state index < -0.39 is 0 Å². The highest BCUT2D eigenvalue weighted by atomic mass is 16.2. The standard InChI is InChI=1S/C17H27N3O/c1-17(2,18)10-9-16(21)20-12-11-19(3)13-15(20)14-7-5-4-6-8-14/h4-8,15H,9-13,18H2,1-3H3. The lowest BCUT2D eigenvalue weighted by Crippen LogP contribution is -2.49. The molecule has 116 valence electrons. The molecule has 0 saturated carbocycles. The largest absolute Gasteiger partial charge is 0.333 e. The van der Waals surface area contributed by atoms with Crippen molar-refractivity contribution >= 4 is 5.91 Å². The van der Waals surface area contributed by atoms with Gasteiger partial charge in [0, 0.05) is 31.6 Å². The van der Waals surface area contributed by atoms with Crippen LogP contribution in [0.5, 0.6) is 0 Å². The van der Waals surface area contributed by atoms with Crippen LogP contribution in [0.2, 0.25) is 0 Å². The van der Waals surface area contributed by atoms with Gasteiger partial charge in [-0.2, -0.15) is 0 Å². The molecule has 2 rings (SSSR count). The predicted octanol–water partition coefficient (Wildman–Crippen LogP) is 2.02. The topological polar surface area (TPSA) is 49.6 Å². The Morgan fingerprint density at radius 2 is 1.95 bits per heavy atom. The van der Waals surface area contributed by atoms with E-state index in [1.54, 1.807) is 0 Å². The van der Waals surface area contributed by atoms with Crippen LogP contribution < -0.4 is 5.73 Å². The molecule has 0 spiro atoms. The number of rotatable bonds is 4. The smallest absolute Gasteiger partial charge is 0.223 e. The number of hydrogen-bond acceptors (Lipinski definition) is 3. The second-order valence-corrected chi connectivity index (χ2v) is 6.76. The molecule has 1 aromatic rings. The molecular formula is C17H27N3O. The van der Waals surface area contributed by atoms with Gasteiger partial charge in [0.25, 0.3) is 0 Å². The van der Waals surface area contributed by atoms with E-state index in [1.807, 2.05) is 36.9 Å². The van der Waals surface area contributed by atoms with Gasteiger partial charge in [-0.15, -0.1) is 0 Å². The van der Waals surface area contributed by atoms with Crippen LogP contribution in [0.15, 0.2) is 30.3 Å². The molecule has 1 amide bonds. The molecule has 1 fully saturated rings. The van der Waals surface area contributed by atoms with Gasteiger partial charge in [0.05, 0.1) is 6.04 Å². The first-order valence-corrected chi connectivity index (χ1v) is 7.69. The minimum atomic E-state index is -0.287. The van der Waals surface area contributed by atoms with E-state index in [2.05, 4.69) is 24.1 Å². The van der Waals surface area contributed by atoms with Gasteiger partial charge >= 0.3 is 0 Å². The molecule has 4 nitrogen and oxygen atoms in total. The Labute approximate surface area is 127 Å². The normalized spacial score (nSPS) is 20.6. The lowest BCUT2D eigenvalue weighted by Gasteiger charge is -2.40. The summed E-state index contributed by atoms with van der Waals surface area (Å²) in [7, 11) is 2.11. The van der Waals surface area contributed by atoms with E-state index in [0.717, 1.165) is 26.1 Å². The highest BCUT2D eigenvalue weighted by molar-refractivity contribution is 5.77. The van der Waals surface area contributed by atoms with Crippen LogP contribution in [-0.4, -0.2) is 47.9 Å². The summed E-state index contributed by atoms with van der Waals surface area (Å²) < 4.78 is 0. The van der Waals surface area contributed by atoms with Crippen LogP contribution in [0, 0.1) is 0 Å². The Morgan fingerprint density at radius 1 is 1.29 bits per heavy atom. The van der Waals surface area contributed by atoms with E-state index in [4.69, 9.17) is 5.73 Å². The van der Waals surface area contributed by atoms with Gasteiger partial charge in [0.2, 0.25) is 5.91 Å². The van der Waals surface area contributed by atoms with Gasteiger partial charge in [-0.05, 0) is 32.9 Å². The van der Waals surface area contributed by atoms with Crippen molar-refractivity contribution in [2.24, 2.45) is 5.73 Å². The molecule has 1 unspecified atom stereocenters. The molecule has 1 heterocycles. The summed E-state index contributed by atoms with van der Waals surface area (Å²) in [5, 5.41) is 0. The molecule has 1 aromatic carbocycles. The minimum Gasteiger partial charge on any atom is -0.333 e. The molecule has 0 aliphatic carbocycles. The fourth-order valence-corrected chi connectivity index (χ4v) is 2.75. The van der Waals surface area contributed by atoms with Crippen molar-refractivity contribution in [3.05, 3.63) is 35.9 Å². The van der Waals surface area contributed by atoms with Crippen molar-refractivity contribution < 1.29 is 4.79 Å². The number of piperazine rings is 1. The highest BCUT2D eigenvalue weighted by Crippen LogP contribution is 2.26. The zero-order valence-corrected chi connectivity index (χ0v) is 13.4. The monoisotopic (exact) mass is 289 g/mol. The van der Waals surface area contributed by atoms with E-state index in [1.165, 1.54) is 5.56 Å². The van der Waals surface area contributed by atoms with Crippen LogP contribution in [0.4, 0.5) is 0 Å². The molecule has 1 aliphatic heterocycles. The first kappa shape index (κ1) is 16.0. The Bertz CT molecular complexity index is 467. The third-order valence-corrected chi connectivity index (χ3v) is 4.07. The summed E-state index contributed by atoms with van der Waals surface area (Å²) in [5.74, 6) is 0.218. The molecule has 0 radical (unpaired) electrons. The van der Waals surface area contributed by atoms with Gasteiger partial charge < -0.3 is 15.5 Å². The van der Waals surface area contributed by atoms with Gasteiger partial charge in [-0.3, -0.25) is 4.79 Å². The second kappa shape index (κ2) is 6.58. The van der Waals surface area contributed by atoms with Crippen molar-refractivity contribution in [3.8, 4) is 0 Å². The molecule has 0 bridgehead atoms. The average molecular weight is 289 g/mol. The van der Waals surface area contributed by atoms with Crippen LogP contribution in [0.25, 0.3) is 0 Å². The molecule has 21 heavy (non-hydrogen) atoms. The molecule has 4 heteroatoms. The Balaban J connectivity index is 2.10. The Morgan fingerprint density at radius 3 is 2.57 bits per heavy atom. The number of amides is 1.